The fourth-order valence-electron chi connectivity index (χ4n) is 2.79. The number of carbonyl (C=O) groups is 1. The molecule has 2 unspecified atom stereocenters. The molecule has 0 aromatic heterocycles. The van der Waals surface area contributed by atoms with Gasteiger partial charge in [0.25, 0.3) is 0 Å². The topological polar surface area (TPSA) is 41.6 Å². The fourth-order valence-corrected chi connectivity index (χ4v) is 2.79. The van der Waals surface area contributed by atoms with E-state index in [4.69, 9.17) is 4.74 Å². The quantitative estimate of drug-likeness (QED) is 0.785. The van der Waals surface area contributed by atoms with Gasteiger partial charge < -0.3 is 9.64 Å². The number of nitrogens with one attached hydrogen (secondary N) is 1. The number of hydrogen-bond donors (Lipinski definition) is 1. The third-order valence-corrected chi connectivity index (χ3v) is 3.98. The molecule has 0 radical (unpaired) electrons. The maximum Gasteiger partial charge on any atom is 0.241 e. The van der Waals surface area contributed by atoms with Gasteiger partial charge in [-0.05, 0) is 24.3 Å². The third-order valence-electron chi connectivity index (χ3n) is 3.98. The third kappa shape index (κ3) is 3.83. The van der Waals surface area contributed by atoms with E-state index in [0.29, 0.717) is 5.92 Å². The van der Waals surface area contributed by atoms with Gasteiger partial charge in [0.05, 0.1) is 6.04 Å². The minimum absolute atomic E-state index is 0.00588. The summed E-state index contributed by atoms with van der Waals surface area (Å²) in [5.74, 6) is 0.518. The molecule has 1 aliphatic rings. The van der Waals surface area contributed by atoms with Crippen molar-refractivity contribution in [2.75, 3.05) is 20.3 Å². The standard InChI is InChI=1S/C17H26N2O2/c1-13(2)15-17(20)19(11-7-8-12-21-3)16(18-15)14-9-5-4-6-10-14/h4-6,9-10,13,15-16,18H,7-8,11-12H2,1-3H3. The van der Waals surface area contributed by atoms with Crippen molar-refractivity contribution in [2.24, 2.45) is 5.92 Å². The molecule has 1 N–H and O–H groups in total. The van der Waals surface area contributed by atoms with Crippen LogP contribution in [0.2, 0.25) is 0 Å². The molecule has 1 aliphatic heterocycles. The number of ether oxygens (including phenoxy) is 1. The van der Waals surface area contributed by atoms with Gasteiger partial charge in [0, 0.05) is 20.3 Å². The number of benzene rings is 1. The Bertz CT molecular complexity index is 447. The Morgan fingerprint density at radius 3 is 2.57 bits per heavy atom. The predicted octanol–water partition coefficient (Wildman–Crippen LogP) is 2.57. The van der Waals surface area contributed by atoms with Crippen LogP contribution in [0.15, 0.2) is 30.3 Å². The highest BCUT2D eigenvalue weighted by atomic mass is 16.5. The Labute approximate surface area is 127 Å². The lowest BCUT2D eigenvalue weighted by atomic mass is 10.0. The predicted molar refractivity (Wildman–Crippen MR) is 83.8 cm³/mol. The van der Waals surface area contributed by atoms with Crippen molar-refractivity contribution in [2.45, 2.75) is 38.9 Å². The van der Waals surface area contributed by atoms with Crippen molar-refractivity contribution in [3.63, 3.8) is 0 Å². The summed E-state index contributed by atoms with van der Waals surface area (Å²) in [6, 6.07) is 10.1. The lowest BCUT2D eigenvalue weighted by molar-refractivity contribution is -0.130. The van der Waals surface area contributed by atoms with Gasteiger partial charge in [-0.15, -0.1) is 0 Å². The van der Waals surface area contributed by atoms with Crippen LogP contribution in [-0.4, -0.2) is 37.1 Å². The van der Waals surface area contributed by atoms with E-state index in [9.17, 15) is 4.79 Å². The zero-order valence-electron chi connectivity index (χ0n) is 13.2. The maximum absolute atomic E-state index is 12.6. The number of amides is 1. The van der Waals surface area contributed by atoms with Crippen LogP contribution in [0.3, 0.4) is 0 Å². The summed E-state index contributed by atoms with van der Waals surface area (Å²) in [4.78, 5) is 14.6. The molecule has 1 fully saturated rings. The highest BCUT2D eigenvalue weighted by Gasteiger charge is 2.40. The minimum atomic E-state index is -0.0855. The van der Waals surface area contributed by atoms with Crippen molar-refractivity contribution >= 4 is 5.91 Å². The Hall–Kier alpha value is -1.39. The molecular formula is C17H26N2O2. The number of rotatable bonds is 7. The molecular weight excluding hydrogens is 264 g/mol. The summed E-state index contributed by atoms with van der Waals surface area (Å²) < 4.78 is 5.09. The van der Waals surface area contributed by atoms with Crippen molar-refractivity contribution < 1.29 is 9.53 Å². The van der Waals surface area contributed by atoms with Gasteiger partial charge in [-0.3, -0.25) is 10.1 Å². The molecule has 1 aromatic carbocycles. The summed E-state index contributed by atoms with van der Waals surface area (Å²) in [6.45, 7) is 5.70. The van der Waals surface area contributed by atoms with Gasteiger partial charge in [-0.2, -0.15) is 0 Å². The maximum atomic E-state index is 12.6. The molecule has 0 aliphatic carbocycles. The van der Waals surface area contributed by atoms with E-state index < -0.39 is 0 Å². The van der Waals surface area contributed by atoms with Crippen LogP contribution in [0.4, 0.5) is 0 Å². The summed E-state index contributed by atoms with van der Waals surface area (Å²) in [5.41, 5.74) is 1.15. The summed E-state index contributed by atoms with van der Waals surface area (Å²) >= 11 is 0. The first-order valence-corrected chi connectivity index (χ1v) is 7.75. The number of nitrogens with zero attached hydrogens (tertiary/aromatic N) is 1. The van der Waals surface area contributed by atoms with Crippen molar-refractivity contribution in [3.05, 3.63) is 35.9 Å². The molecule has 2 atom stereocenters. The van der Waals surface area contributed by atoms with Crippen molar-refractivity contribution in [1.82, 2.24) is 10.2 Å². The van der Waals surface area contributed by atoms with E-state index in [0.717, 1.165) is 31.6 Å². The first-order chi connectivity index (χ1) is 10.1. The van der Waals surface area contributed by atoms with Crippen molar-refractivity contribution in [3.8, 4) is 0 Å². The second kappa shape index (κ2) is 7.57. The fraction of sp³-hybridized carbons (Fsp3) is 0.588. The number of hydrogen-bond acceptors (Lipinski definition) is 3. The summed E-state index contributed by atoms with van der Waals surface area (Å²) in [6.07, 6.45) is 1.94. The largest absolute Gasteiger partial charge is 0.385 e. The van der Waals surface area contributed by atoms with Crippen LogP contribution in [0, 0.1) is 5.92 Å². The van der Waals surface area contributed by atoms with E-state index in [2.05, 4.69) is 31.3 Å². The van der Waals surface area contributed by atoms with Crippen molar-refractivity contribution in [1.29, 1.82) is 0 Å². The smallest absolute Gasteiger partial charge is 0.241 e. The first-order valence-electron chi connectivity index (χ1n) is 7.75. The molecule has 1 amide bonds. The average molecular weight is 290 g/mol. The second-order valence-electron chi connectivity index (χ2n) is 5.93. The van der Waals surface area contributed by atoms with Crippen LogP contribution >= 0.6 is 0 Å². The molecule has 1 saturated heterocycles. The zero-order chi connectivity index (χ0) is 15.2. The monoisotopic (exact) mass is 290 g/mol. The van der Waals surface area contributed by atoms with Gasteiger partial charge in [0.1, 0.15) is 6.17 Å². The second-order valence-corrected chi connectivity index (χ2v) is 5.93. The van der Waals surface area contributed by atoms with E-state index in [1.54, 1.807) is 7.11 Å². The van der Waals surface area contributed by atoms with Crippen LogP contribution < -0.4 is 5.32 Å². The number of methoxy groups -OCH3 is 1. The normalized spacial score (nSPS) is 22.3. The van der Waals surface area contributed by atoms with Gasteiger partial charge in [0.15, 0.2) is 0 Å². The first kappa shape index (κ1) is 16.0. The average Bonchev–Trinajstić information content (AvgIpc) is 2.82. The van der Waals surface area contributed by atoms with Gasteiger partial charge in [0.2, 0.25) is 5.91 Å². The zero-order valence-corrected chi connectivity index (χ0v) is 13.2. The molecule has 1 heterocycles. The molecule has 0 bridgehead atoms. The molecule has 116 valence electrons. The van der Waals surface area contributed by atoms with Gasteiger partial charge >= 0.3 is 0 Å². The Kier molecular flexibility index (Phi) is 5.76. The number of unbranched alkanes of at least 4 members (excludes halogenated alkanes) is 1. The van der Waals surface area contributed by atoms with Crippen LogP contribution in [0.25, 0.3) is 0 Å². The SMILES string of the molecule is COCCCCN1C(=O)C(C(C)C)NC1c1ccccc1. The molecule has 0 saturated carbocycles. The summed E-state index contributed by atoms with van der Waals surface area (Å²) in [5, 5.41) is 3.49. The van der Waals surface area contributed by atoms with Crippen LogP contribution in [-0.2, 0) is 9.53 Å². The Morgan fingerprint density at radius 2 is 1.95 bits per heavy atom. The lowest BCUT2D eigenvalue weighted by Crippen LogP contribution is -2.35. The van der Waals surface area contributed by atoms with Gasteiger partial charge in [-0.25, -0.2) is 0 Å². The molecule has 1 aromatic rings. The van der Waals surface area contributed by atoms with E-state index in [1.165, 1.54) is 0 Å². The number of carbonyl (C=O) groups excluding carboxylic acids is 1. The highest BCUT2D eigenvalue weighted by molar-refractivity contribution is 5.84. The Balaban J connectivity index is 2.10. The molecule has 21 heavy (non-hydrogen) atoms. The van der Waals surface area contributed by atoms with E-state index in [-0.39, 0.29) is 18.1 Å². The van der Waals surface area contributed by atoms with E-state index >= 15 is 0 Å². The van der Waals surface area contributed by atoms with Crippen LogP contribution in [0.1, 0.15) is 38.4 Å². The molecule has 4 nitrogen and oxygen atoms in total. The molecule has 4 heteroatoms. The summed E-state index contributed by atoms with van der Waals surface area (Å²) in [7, 11) is 1.71. The van der Waals surface area contributed by atoms with Gasteiger partial charge in [-0.1, -0.05) is 44.2 Å². The highest BCUT2D eigenvalue weighted by Crippen LogP contribution is 2.28. The van der Waals surface area contributed by atoms with Crippen LogP contribution in [0.5, 0.6) is 0 Å². The molecule has 0 spiro atoms. The van der Waals surface area contributed by atoms with E-state index in [1.807, 2.05) is 23.1 Å². The lowest BCUT2D eigenvalue weighted by Gasteiger charge is -2.24. The minimum Gasteiger partial charge on any atom is -0.385 e. The molecule has 2 rings (SSSR count). The Morgan fingerprint density at radius 1 is 1.24 bits per heavy atom.